The standard InChI is InChI=1S/C20H25N3O/c1-3-22(4-2)19-13-12-17(15-21-19)18-11-8-14-23(18)20(24)16-9-6-5-7-10-16/h5-7,9-10,12-13,15,18H,3-4,8,11,14H2,1-2H3/t18-/m1/s1. The summed E-state index contributed by atoms with van der Waals surface area (Å²) in [6.45, 7) is 6.98. The highest BCUT2D eigenvalue weighted by atomic mass is 16.2. The predicted octanol–water partition coefficient (Wildman–Crippen LogP) is 3.91. The number of amides is 1. The minimum Gasteiger partial charge on any atom is -0.357 e. The van der Waals surface area contributed by atoms with E-state index in [0.29, 0.717) is 0 Å². The van der Waals surface area contributed by atoms with Gasteiger partial charge in [-0.25, -0.2) is 4.98 Å². The van der Waals surface area contributed by atoms with Gasteiger partial charge in [0, 0.05) is 31.4 Å². The largest absolute Gasteiger partial charge is 0.357 e. The molecule has 0 N–H and O–H groups in total. The first-order valence-electron chi connectivity index (χ1n) is 8.81. The number of anilines is 1. The van der Waals surface area contributed by atoms with Crippen LogP contribution >= 0.6 is 0 Å². The van der Waals surface area contributed by atoms with Crippen LogP contribution in [-0.4, -0.2) is 35.4 Å². The van der Waals surface area contributed by atoms with Gasteiger partial charge in [-0.05, 0) is 50.5 Å². The van der Waals surface area contributed by atoms with Crippen LogP contribution in [0.15, 0.2) is 48.7 Å². The number of hydrogen-bond donors (Lipinski definition) is 0. The van der Waals surface area contributed by atoms with E-state index in [9.17, 15) is 4.79 Å². The zero-order valence-corrected chi connectivity index (χ0v) is 14.5. The number of hydrogen-bond acceptors (Lipinski definition) is 3. The maximum absolute atomic E-state index is 12.8. The van der Waals surface area contributed by atoms with Gasteiger partial charge >= 0.3 is 0 Å². The van der Waals surface area contributed by atoms with Crippen LogP contribution in [0, 0.1) is 0 Å². The fourth-order valence-corrected chi connectivity index (χ4v) is 3.43. The Bertz CT molecular complexity index is 665. The van der Waals surface area contributed by atoms with Crippen molar-refractivity contribution in [2.45, 2.75) is 32.7 Å². The normalized spacial score (nSPS) is 17.1. The average molecular weight is 323 g/mol. The van der Waals surface area contributed by atoms with Crippen molar-refractivity contribution in [3.8, 4) is 0 Å². The lowest BCUT2D eigenvalue weighted by atomic mass is 10.1. The number of pyridine rings is 1. The van der Waals surface area contributed by atoms with Gasteiger partial charge in [-0.1, -0.05) is 24.3 Å². The smallest absolute Gasteiger partial charge is 0.254 e. The second-order valence-electron chi connectivity index (χ2n) is 6.14. The van der Waals surface area contributed by atoms with E-state index in [1.807, 2.05) is 41.4 Å². The predicted molar refractivity (Wildman–Crippen MR) is 97.3 cm³/mol. The third-order valence-electron chi connectivity index (χ3n) is 4.78. The Kier molecular flexibility index (Phi) is 5.14. The van der Waals surface area contributed by atoms with E-state index < -0.39 is 0 Å². The molecule has 1 saturated heterocycles. The van der Waals surface area contributed by atoms with Crippen LogP contribution in [0.1, 0.15) is 48.7 Å². The van der Waals surface area contributed by atoms with Crippen molar-refractivity contribution in [2.75, 3.05) is 24.5 Å². The maximum atomic E-state index is 12.8. The molecular weight excluding hydrogens is 298 g/mol. The van der Waals surface area contributed by atoms with Crippen molar-refractivity contribution in [1.82, 2.24) is 9.88 Å². The van der Waals surface area contributed by atoms with E-state index in [-0.39, 0.29) is 11.9 Å². The zero-order valence-electron chi connectivity index (χ0n) is 14.5. The number of carbonyl (C=O) groups is 1. The lowest BCUT2D eigenvalue weighted by molar-refractivity contribution is 0.0735. The second-order valence-corrected chi connectivity index (χ2v) is 6.14. The lowest BCUT2D eigenvalue weighted by Gasteiger charge is -2.26. The third-order valence-corrected chi connectivity index (χ3v) is 4.78. The number of rotatable bonds is 5. The molecule has 1 fully saturated rings. The van der Waals surface area contributed by atoms with Gasteiger partial charge < -0.3 is 9.80 Å². The van der Waals surface area contributed by atoms with Crippen molar-refractivity contribution >= 4 is 11.7 Å². The van der Waals surface area contributed by atoms with Crippen molar-refractivity contribution in [1.29, 1.82) is 0 Å². The van der Waals surface area contributed by atoms with Crippen LogP contribution in [0.3, 0.4) is 0 Å². The summed E-state index contributed by atoms with van der Waals surface area (Å²) in [5.74, 6) is 1.12. The molecule has 2 aromatic rings. The molecule has 1 aromatic heterocycles. The van der Waals surface area contributed by atoms with Crippen molar-refractivity contribution in [3.05, 3.63) is 59.8 Å². The molecule has 0 aliphatic carbocycles. The summed E-state index contributed by atoms with van der Waals surface area (Å²) in [4.78, 5) is 21.6. The van der Waals surface area contributed by atoms with Crippen molar-refractivity contribution in [2.24, 2.45) is 0 Å². The van der Waals surface area contributed by atoms with Gasteiger partial charge in [0.25, 0.3) is 5.91 Å². The van der Waals surface area contributed by atoms with Crippen LogP contribution in [0.4, 0.5) is 5.82 Å². The Balaban J connectivity index is 1.79. The summed E-state index contributed by atoms with van der Waals surface area (Å²) in [5.41, 5.74) is 1.89. The molecule has 1 aromatic carbocycles. The highest BCUT2D eigenvalue weighted by Gasteiger charge is 2.30. The fraction of sp³-hybridized carbons (Fsp3) is 0.400. The van der Waals surface area contributed by atoms with E-state index in [4.69, 9.17) is 0 Å². The Hall–Kier alpha value is -2.36. The summed E-state index contributed by atoms with van der Waals surface area (Å²) in [7, 11) is 0. The minimum absolute atomic E-state index is 0.117. The van der Waals surface area contributed by atoms with Gasteiger partial charge in [0.05, 0.1) is 6.04 Å². The number of benzene rings is 1. The summed E-state index contributed by atoms with van der Waals surface area (Å²) >= 11 is 0. The minimum atomic E-state index is 0.117. The maximum Gasteiger partial charge on any atom is 0.254 e. The second kappa shape index (κ2) is 7.47. The third kappa shape index (κ3) is 3.28. The summed E-state index contributed by atoms with van der Waals surface area (Å²) in [6.07, 6.45) is 3.99. The number of likely N-dealkylation sites (tertiary alicyclic amines) is 1. The topological polar surface area (TPSA) is 36.4 Å². The van der Waals surface area contributed by atoms with E-state index >= 15 is 0 Å². The summed E-state index contributed by atoms with van der Waals surface area (Å²) in [6, 6.07) is 13.9. The van der Waals surface area contributed by atoms with Gasteiger partial charge in [-0.3, -0.25) is 4.79 Å². The molecule has 0 radical (unpaired) electrons. The van der Waals surface area contributed by atoms with Crippen LogP contribution in [0.2, 0.25) is 0 Å². The molecule has 0 bridgehead atoms. The fourth-order valence-electron chi connectivity index (χ4n) is 3.43. The molecule has 0 spiro atoms. The lowest BCUT2D eigenvalue weighted by Crippen LogP contribution is -2.30. The number of nitrogens with zero attached hydrogens (tertiary/aromatic N) is 3. The highest BCUT2D eigenvalue weighted by Crippen LogP contribution is 2.33. The molecule has 126 valence electrons. The molecular formula is C20H25N3O. The number of aromatic nitrogens is 1. The first-order valence-corrected chi connectivity index (χ1v) is 8.81. The SMILES string of the molecule is CCN(CC)c1ccc([C@H]2CCCN2C(=O)c2ccccc2)cn1. The van der Waals surface area contributed by atoms with Crippen molar-refractivity contribution < 1.29 is 4.79 Å². The molecule has 0 unspecified atom stereocenters. The van der Waals surface area contributed by atoms with Gasteiger partial charge in [0.2, 0.25) is 0 Å². The molecule has 1 aliphatic heterocycles. The number of carbonyl (C=O) groups excluding carboxylic acids is 1. The Morgan fingerprint density at radius 1 is 1.17 bits per heavy atom. The molecule has 4 heteroatoms. The first-order chi connectivity index (χ1) is 11.7. The van der Waals surface area contributed by atoms with Gasteiger partial charge in [0.15, 0.2) is 0 Å². The molecule has 0 saturated carbocycles. The molecule has 3 rings (SSSR count). The average Bonchev–Trinajstić information content (AvgIpc) is 3.13. The van der Waals surface area contributed by atoms with Gasteiger partial charge in [0.1, 0.15) is 5.82 Å². The van der Waals surface area contributed by atoms with E-state index in [2.05, 4.69) is 35.9 Å². The molecule has 24 heavy (non-hydrogen) atoms. The van der Waals surface area contributed by atoms with Gasteiger partial charge in [-0.2, -0.15) is 0 Å². The van der Waals surface area contributed by atoms with Crippen molar-refractivity contribution in [3.63, 3.8) is 0 Å². The molecule has 1 amide bonds. The van der Waals surface area contributed by atoms with Crippen LogP contribution in [0.25, 0.3) is 0 Å². The Morgan fingerprint density at radius 3 is 2.54 bits per heavy atom. The first kappa shape index (κ1) is 16.5. The molecule has 1 aliphatic rings. The molecule has 1 atom stereocenters. The monoisotopic (exact) mass is 323 g/mol. The van der Waals surface area contributed by atoms with E-state index in [1.165, 1.54) is 0 Å². The molecule has 2 heterocycles. The van der Waals surface area contributed by atoms with Crippen LogP contribution in [0.5, 0.6) is 0 Å². The summed E-state index contributed by atoms with van der Waals surface area (Å²) in [5, 5.41) is 0. The van der Waals surface area contributed by atoms with E-state index in [0.717, 1.165) is 49.4 Å². The van der Waals surface area contributed by atoms with Crippen LogP contribution < -0.4 is 4.90 Å². The van der Waals surface area contributed by atoms with Gasteiger partial charge in [-0.15, -0.1) is 0 Å². The molecule has 4 nitrogen and oxygen atoms in total. The Labute approximate surface area is 144 Å². The van der Waals surface area contributed by atoms with Crippen LogP contribution in [-0.2, 0) is 0 Å². The highest BCUT2D eigenvalue weighted by molar-refractivity contribution is 5.94. The summed E-state index contributed by atoms with van der Waals surface area (Å²) < 4.78 is 0. The quantitative estimate of drug-likeness (QED) is 0.837. The Morgan fingerprint density at radius 2 is 1.92 bits per heavy atom. The van der Waals surface area contributed by atoms with E-state index in [1.54, 1.807) is 0 Å². The zero-order chi connectivity index (χ0) is 16.9.